The molecule has 5 nitrogen and oxygen atoms in total. The van der Waals surface area contributed by atoms with Gasteiger partial charge in [-0.2, -0.15) is 8.42 Å². The molecule has 2 aromatic carbocycles. The molecule has 1 aliphatic heterocycles. The summed E-state index contributed by atoms with van der Waals surface area (Å²) < 4.78 is 34.7. The van der Waals surface area contributed by atoms with E-state index in [2.05, 4.69) is 48.0 Å². The molecule has 0 bridgehead atoms. The van der Waals surface area contributed by atoms with Crippen molar-refractivity contribution in [2.75, 3.05) is 11.4 Å². The molecule has 1 aromatic heterocycles. The van der Waals surface area contributed by atoms with E-state index in [0.29, 0.717) is 12.2 Å². The Bertz CT molecular complexity index is 1250. The van der Waals surface area contributed by atoms with Gasteiger partial charge in [-0.15, -0.1) is 0 Å². The van der Waals surface area contributed by atoms with Crippen molar-refractivity contribution in [2.45, 2.75) is 73.8 Å². The number of hydrogen-bond acceptors (Lipinski definition) is 5. The van der Waals surface area contributed by atoms with Crippen LogP contribution in [0.4, 0.5) is 11.4 Å². The lowest BCUT2D eigenvalue weighted by Crippen LogP contribution is -2.26. The molecule has 0 amide bonds. The molecule has 0 aliphatic carbocycles. The van der Waals surface area contributed by atoms with Crippen LogP contribution in [0.5, 0.6) is 0 Å². The van der Waals surface area contributed by atoms with Gasteiger partial charge in [0.1, 0.15) is 5.25 Å². The highest BCUT2D eigenvalue weighted by molar-refractivity contribution is 7.99. The van der Waals surface area contributed by atoms with E-state index < -0.39 is 15.4 Å². The molecule has 2 heterocycles. The SMILES string of the molecule is CCCCc1cc(CCCC)c2c(c1)N(CCC(c1ccccn1)S(=O)(=O)O)c1ccccc1S2. The van der Waals surface area contributed by atoms with Crippen LogP contribution in [-0.2, 0) is 23.0 Å². The average Bonchev–Trinajstić information content (AvgIpc) is 2.85. The number of nitrogens with zero attached hydrogens (tertiary/aromatic N) is 2. The predicted molar refractivity (Wildman–Crippen MR) is 144 cm³/mol. The number of unbranched alkanes of at least 4 members (excludes halogenated alkanes) is 2. The van der Waals surface area contributed by atoms with E-state index >= 15 is 0 Å². The second-order valence-corrected chi connectivity index (χ2v) is 11.7. The summed E-state index contributed by atoms with van der Waals surface area (Å²) in [6, 6.07) is 18.1. The lowest BCUT2D eigenvalue weighted by Gasteiger charge is -2.35. The average molecular weight is 511 g/mol. The van der Waals surface area contributed by atoms with Gasteiger partial charge in [-0.3, -0.25) is 9.54 Å². The summed E-state index contributed by atoms with van der Waals surface area (Å²) in [6.07, 6.45) is 8.42. The second kappa shape index (κ2) is 11.6. The maximum Gasteiger partial charge on any atom is 0.273 e. The monoisotopic (exact) mass is 510 g/mol. The van der Waals surface area contributed by atoms with Crippen LogP contribution >= 0.6 is 11.8 Å². The van der Waals surface area contributed by atoms with Crippen molar-refractivity contribution in [3.8, 4) is 0 Å². The summed E-state index contributed by atoms with van der Waals surface area (Å²) in [5.74, 6) is 0. The second-order valence-electron chi connectivity index (χ2n) is 9.08. The van der Waals surface area contributed by atoms with Crippen molar-refractivity contribution >= 4 is 33.3 Å². The maximum atomic E-state index is 12.3. The molecule has 0 saturated carbocycles. The van der Waals surface area contributed by atoms with E-state index in [4.69, 9.17) is 0 Å². The highest BCUT2D eigenvalue weighted by Gasteiger charge is 2.30. The van der Waals surface area contributed by atoms with Gasteiger partial charge in [-0.05, 0) is 73.6 Å². The van der Waals surface area contributed by atoms with Gasteiger partial charge in [0, 0.05) is 22.5 Å². The molecule has 1 aliphatic rings. The molecule has 7 heteroatoms. The molecular formula is C28H34N2O3S2. The van der Waals surface area contributed by atoms with Crippen LogP contribution in [0.25, 0.3) is 0 Å². The molecule has 1 N–H and O–H groups in total. The minimum Gasteiger partial charge on any atom is -0.340 e. The maximum absolute atomic E-state index is 12.3. The number of anilines is 2. The van der Waals surface area contributed by atoms with Gasteiger partial charge in [0.05, 0.1) is 17.1 Å². The van der Waals surface area contributed by atoms with Crippen molar-refractivity contribution in [3.63, 3.8) is 0 Å². The third-order valence-corrected chi connectivity index (χ3v) is 8.91. The van der Waals surface area contributed by atoms with Crippen molar-refractivity contribution < 1.29 is 13.0 Å². The van der Waals surface area contributed by atoms with E-state index in [1.165, 1.54) is 20.9 Å². The van der Waals surface area contributed by atoms with Gasteiger partial charge in [-0.25, -0.2) is 0 Å². The standard InChI is InChI=1S/C28H34N2O3S2/c1-3-5-11-21-19-22(12-6-4-2)28-25(20-21)30(24-14-7-8-15-26(24)34-28)18-16-27(35(31,32)33)23-13-9-10-17-29-23/h7-10,13-15,17,19-20,27H,3-6,11-12,16,18H2,1-2H3,(H,31,32,33). The zero-order valence-electron chi connectivity index (χ0n) is 20.5. The van der Waals surface area contributed by atoms with Crippen molar-refractivity contribution in [1.82, 2.24) is 4.98 Å². The summed E-state index contributed by atoms with van der Waals surface area (Å²) >= 11 is 1.81. The molecule has 0 saturated heterocycles. The molecule has 0 radical (unpaired) electrons. The molecule has 1 unspecified atom stereocenters. The molecule has 0 fully saturated rings. The summed E-state index contributed by atoms with van der Waals surface area (Å²) in [7, 11) is -4.31. The Balaban J connectivity index is 1.75. The Labute approximate surface area is 213 Å². The zero-order chi connectivity index (χ0) is 24.8. The topological polar surface area (TPSA) is 70.5 Å². The van der Waals surface area contributed by atoms with Gasteiger partial charge in [0.25, 0.3) is 10.1 Å². The first-order valence-electron chi connectivity index (χ1n) is 12.5. The van der Waals surface area contributed by atoms with Crippen LogP contribution in [0.1, 0.15) is 68.0 Å². The fraction of sp³-hybridized carbons (Fsp3) is 0.393. The number of aromatic nitrogens is 1. The predicted octanol–water partition coefficient (Wildman–Crippen LogP) is 7.39. The van der Waals surface area contributed by atoms with E-state index in [-0.39, 0.29) is 6.42 Å². The summed E-state index contributed by atoms with van der Waals surface area (Å²) in [6.45, 7) is 4.88. The van der Waals surface area contributed by atoms with Crippen molar-refractivity contribution in [1.29, 1.82) is 0 Å². The zero-order valence-corrected chi connectivity index (χ0v) is 22.1. The summed E-state index contributed by atoms with van der Waals surface area (Å²) in [5, 5.41) is -1.07. The quantitative estimate of drug-likeness (QED) is 0.271. The molecular weight excluding hydrogens is 476 g/mol. The summed E-state index contributed by atoms with van der Waals surface area (Å²) in [4.78, 5) is 8.90. The highest BCUT2D eigenvalue weighted by atomic mass is 32.2. The minimum atomic E-state index is -4.31. The van der Waals surface area contributed by atoms with Crippen LogP contribution in [0.15, 0.2) is 70.6 Å². The number of hydrogen-bond donors (Lipinski definition) is 1. The van der Waals surface area contributed by atoms with Crippen LogP contribution in [0, 0.1) is 0 Å². The van der Waals surface area contributed by atoms with Gasteiger partial charge < -0.3 is 4.90 Å². The first-order chi connectivity index (χ1) is 16.9. The molecule has 1 atom stereocenters. The van der Waals surface area contributed by atoms with Gasteiger partial charge in [0.15, 0.2) is 0 Å². The van der Waals surface area contributed by atoms with Gasteiger partial charge in [-0.1, -0.05) is 62.7 Å². The normalized spacial score (nSPS) is 13.9. The number of para-hydroxylation sites is 1. The highest BCUT2D eigenvalue weighted by Crippen LogP contribution is 2.50. The van der Waals surface area contributed by atoms with E-state index in [9.17, 15) is 13.0 Å². The Hall–Kier alpha value is -2.35. The number of pyridine rings is 1. The smallest absolute Gasteiger partial charge is 0.273 e. The Morgan fingerprint density at radius 2 is 1.71 bits per heavy atom. The van der Waals surface area contributed by atoms with Gasteiger partial charge in [0.2, 0.25) is 0 Å². The van der Waals surface area contributed by atoms with E-state index in [1.54, 1.807) is 24.4 Å². The van der Waals surface area contributed by atoms with Crippen LogP contribution in [0.3, 0.4) is 0 Å². The van der Waals surface area contributed by atoms with Crippen LogP contribution < -0.4 is 4.90 Å². The minimum absolute atomic E-state index is 0.234. The third-order valence-electron chi connectivity index (χ3n) is 6.48. The van der Waals surface area contributed by atoms with Crippen molar-refractivity contribution in [2.24, 2.45) is 0 Å². The van der Waals surface area contributed by atoms with E-state index in [0.717, 1.165) is 49.9 Å². The third kappa shape index (κ3) is 6.08. The first kappa shape index (κ1) is 25.7. The lowest BCUT2D eigenvalue weighted by atomic mass is 9.99. The van der Waals surface area contributed by atoms with Crippen LogP contribution in [0.2, 0.25) is 0 Å². The largest absolute Gasteiger partial charge is 0.340 e. The molecule has 0 spiro atoms. The van der Waals surface area contributed by atoms with E-state index in [1.807, 2.05) is 23.9 Å². The van der Waals surface area contributed by atoms with Crippen LogP contribution in [-0.4, -0.2) is 24.5 Å². The number of aryl methyl sites for hydroxylation is 2. The van der Waals surface area contributed by atoms with Gasteiger partial charge >= 0.3 is 0 Å². The number of fused-ring (bicyclic) bond motifs is 2. The fourth-order valence-corrected chi connectivity index (χ4v) is 6.71. The van der Waals surface area contributed by atoms with Crippen molar-refractivity contribution in [3.05, 3.63) is 77.6 Å². The Morgan fingerprint density at radius 3 is 2.43 bits per heavy atom. The molecule has 35 heavy (non-hydrogen) atoms. The number of benzene rings is 2. The summed E-state index contributed by atoms with van der Waals surface area (Å²) in [5.41, 5.74) is 5.29. The fourth-order valence-electron chi connectivity index (χ4n) is 4.64. The number of rotatable bonds is 11. The first-order valence-corrected chi connectivity index (χ1v) is 14.8. The molecule has 3 aromatic rings. The molecule has 4 rings (SSSR count). The lowest BCUT2D eigenvalue weighted by molar-refractivity contribution is 0.463. The Morgan fingerprint density at radius 1 is 0.971 bits per heavy atom. The molecule has 186 valence electrons. The Kier molecular flexibility index (Phi) is 8.52.